The van der Waals surface area contributed by atoms with Crippen LogP contribution < -0.4 is 20.7 Å². The summed E-state index contributed by atoms with van der Waals surface area (Å²) in [7, 11) is 0. The van der Waals surface area contributed by atoms with Crippen LogP contribution in [-0.4, -0.2) is 0 Å². The van der Waals surface area contributed by atoms with Crippen LogP contribution in [-0.2, 0) is 17.1 Å². The Labute approximate surface area is 147 Å². The van der Waals surface area contributed by atoms with Gasteiger partial charge in [0.1, 0.15) is 0 Å². The van der Waals surface area contributed by atoms with Gasteiger partial charge in [0.15, 0.2) is 0 Å². The van der Waals surface area contributed by atoms with Gasteiger partial charge in [0.05, 0.1) is 0 Å². The third kappa shape index (κ3) is 5.48. The van der Waals surface area contributed by atoms with Crippen LogP contribution >= 0.6 is 0 Å². The Morgan fingerprint density at radius 1 is 0.696 bits per heavy atom. The minimum atomic E-state index is 0. The molecular weight excluding hydrogens is 328 g/mol. The second-order valence-corrected chi connectivity index (χ2v) is 5.04. The molecule has 2 aliphatic carbocycles. The Balaban J connectivity index is 0.000000253. The molecule has 3 heteroatoms. The van der Waals surface area contributed by atoms with Crippen molar-refractivity contribution in [3.63, 3.8) is 0 Å². The van der Waals surface area contributed by atoms with Crippen LogP contribution in [0.15, 0.2) is 84.2 Å². The van der Waals surface area contributed by atoms with E-state index in [1.807, 2.05) is 60.7 Å². The van der Waals surface area contributed by atoms with Crippen molar-refractivity contribution in [2.75, 3.05) is 0 Å². The van der Waals surface area contributed by atoms with Gasteiger partial charge in [0, 0.05) is 0 Å². The molecule has 2 aliphatic rings. The summed E-state index contributed by atoms with van der Waals surface area (Å²) in [6.07, 6.45) is 15.5. The summed E-state index contributed by atoms with van der Waals surface area (Å²) >= 11 is 0. The summed E-state index contributed by atoms with van der Waals surface area (Å²) in [5.74, 6) is 0.244. The van der Waals surface area contributed by atoms with Crippen LogP contribution in [0.1, 0.15) is 13.8 Å². The third-order valence-corrected chi connectivity index (χ3v) is 3.36. The van der Waals surface area contributed by atoms with Gasteiger partial charge in [-0.25, -0.2) is 0 Å². The van der Waals surface area contributed by atoms with Crippen molar-refractivity contribution >= 4 is 11.3 Å². The third-order valence-electron chi connectivity index (χ3n) is 3.36. The summed E-state index contributed by atoms with van der Waals surface area (Å²) < 4.78 is 0. The molecule has 0 saturated heterocycles. The molecule has 0 fully saturated rings. The van der Waals surface area contributed by atoms with Crippen LogP contribution in [0.4, 0.5) is 0 Å². The average molecular weight is 346 g/mol. The molecule has 0 saturated carbocycles. The number of hydrogen-bond acceptors (Lipinski definition) is 2. The van der Waals surface area contributed by atoms with E-state index in [-0.39, 0.29) is 28.6 Å². The molecule has 2 nitrogen and oxygen atoms in total. The summed E-state index contributed by atoms with van der Waals surface area (Å²) in [6.45, 7) is 3.15. The molecule has 118 valence electrons. The van der Waals surface area contributed by atoms with E-state index in [0.29, 0.717) is 0 Å². The van der Waals surface area contributed by atoms with Gasteiger partial charge in [-0.1, -0.05) is 86.7 Å². The first-order valence-corrected chi connectivity index (χ1v) is 7.13. The van der Waals surface area contributed by atoms with Gasteiger partial charge in [-0.15, -0.1) is 11.5 Å². The Kier molecular flexibility index (Phi) is 7.40. The molecular formula is C20H18FeO2. The van der Waals surface area contributed by atoms with Gasteiger partial charge in [0.25, 0.3) is 0 Å². The molecule has 1 aromatic rings. The van der Waals surface area contributed by atoms with Crippen LogP contribution in [0, 0.1) is 0 Å². The number of rotatable bonds is 0. The molecule has 3 rings (SSSR count). The predicted molar refractivity (Wildman–Crippen MR) is 87.4 cm³/mol. The van der Waals surface area contributed by atoms with Crippen molar-refractivity contribution in [3.05, 3.63) is 94.6 Å². The van der Waals surface area contributed by atoms with E-state index in [0.717, 1.165) is 16.0 Å². The maximum absolute atomic E-state index is 11.0. The van der Waals surface area contributed by atoms with Crippen molar-refractivity contribution in [1.29, 1.82) is 0 Å². The first kappa shape index (κ1) is 18.8. The number of benzene rings is 1. The molecule has 0 aliphatic heterocycles. The molecule has 0 heterocycles. The van der Waals surface area contributed by atoms with E-state index >= 15 is 0 Å². The Hall–Kier alpha value is -2.22. The van der Waals surface area contributed by atoms with Crippen molar-refractivity contribution in [2.24, 2.45) is 0 Å². The fraction of sp³-hybridized carbons (Fsp3) is 0.100. The predicted octanol–water partition coefficient (Wildman–Crippen LogP) is 1.20. The van der Waals surface area contributed by atoms with E-state index in [9.17, 15) is 10.2 Å². The van der Waals surface area contributed by atoms with Crippen LogP contribution in [0.3, 0.4) is 0 Å². The van der Waals surface area contributed by atoms with Gasteiger partial charge < -0.3 is 10.2 Å². The summed E-state index contributed by atoms with van der Waals surface area (Å²) in [4.78, 5) is 0. The van der Waals surface area contributed by atoms with Crippen molar-refractivity contribution in [3.8, 4) is 0 Å². The fourth-order valence-corrected chi connectivity index (χ4v) is 2.07. The van der Waals surface area contributed by atoms with Gasteiger partial charge in [0.2, 0.25) is 0 Å². The quantitative estimate of drug-likeness (QED) is 0.523. The zero-order valence-corrected chi connectivity index (χ0v) is 14.2. The Bertz CT molecular complexity index is 762. The molecule has 0 amide bonds. The van der Waals surface area contributed by atoms with E-state index in [4.69, 9.17) is 0 Å². The van der Waals surface area contributed by atoms with Crippen LogP contribution in [0.5, 0.6) is 0 Å². The van der Waals surface area contributed by atoms with E-state index in [2.05, 4.69) is 12.2 Å². The van der Waals surface area contributed by atoms with Gasteiger partial charge in [-0.05, 0) is 21.6 Å². The number of hydrogen-bond donors (Lipinski definition) is 0. The SMILES string of the molecule is CC([O-])=C1C=CC=C1.CC([O-])=c1ccc(=C2C=CC=C2)cc1.[Fe+2]. The molecule has 0 atom stereocenters. The van der Waals surface area contributed by atoms with Crippen LogP contribution in [0.25, 0.3) is 11.3 Å². The Morgan fingerprint density at radius 2 is 1.17 bits per heavy atom. The van der Waals surface area contributed by atoms with Gasteiger partial charge in [-0.2, -0.15) is 0 Å². The second kappa shape index (κ2) is 9.04. The molecule has 0 spiro atoms. The van der Waals surface area contributed by atoms with Gasteiger partial charge in [-0.3, -0.25) is 0 Å². The summed E-state index contributed by atoms with van der Waals surface area (Å²) in [6, 6.07) is 7.69. The van der Waals surface area contributed by atoms with E-state index in [1.54, 1.807) is 13.8 Å². The minimum Gasteiger partial charge on any atom is -0.875 e. The summed E-state index contributed by atoms with van der Waals surface area (Å²) in [5.41, 5.74) is 1.99. The molecule has 23 heavy (non-hydrogen) atoms. The zero-order valence-electron chi connectivity index (χ0n) is 13.1. The monoisotopic (exact) mass is 346 g/mol. The molecule has 0 N–H and O–H groups in total. The van der Waals surface area contributed by atoms with Crippen LogP contribution in [0.2, 0.25) is 0 Å². The maximum atomic E-state index is 11.0. The zero-order chi connectivity index (χ0) is 15.9. The smallest absolute Gasteiger partial charge is 0.875 e. The topological polar surface area (TPSA) is 46.1 Å². The Morgan fingerprint density at radius 3 is 1.57 bits per heavy atom. The van der Waals surface area contributed by atoms with E-state index in [1.165, 1.54) is 5.57 Å². The standard InChI is InChI=1S/C13H12O.C7H8O.Fe/c1-10(14)11-6-8-13(9-7-11)12-4-2-3-5-12;1-6(8)7-4-2-3-5-7;/h2-9,14H,1H3;2-5,8H,1H3;/q;;+2/p-2. The molecule has 0 unspecified atom stereocenters. The largest absolute Gasteiger partial charge is 2.00 e. The molecule has 0 radical (unpaired) electrons. The first-order valence-electron chi connectivity index (χ1n) is 7.13. The molecule has 1 aromatic carbocycles. The fourth-order valence-electron chi connectivity index (χ4n) is 2.07. The summed E-state index contributed by atoms with van der Waals surface area (Å²) in [5, 5.41) is 23.5. The minimum absolute atomic E-state index is 0. The molecule has 0 bridgehead atoms. The average Bonchev–Trinajstić information content (AvgIpc) is 3.21. The van der Waals surface area contributed by atoms with E-state index < -0.39 is 0 Å². The van der Waals surface area contributed by atoms with Gasteiger partial charge >= 0.3 is 17.1 Å². The van der Waals surface area contributed by atoms with Crippen molar-refractivity contribution in [2.45, 2.75) is 13.8 Å². The normalized spacial score (nSPS) is 13.7. The first-order chi connectivity index (χ1) is 10.6. The van der Waals surface area contributed by atoms with Crippen molar-refractivity contribution in [1.82, 2.24) is 0 Å². The van der Waals surface area contributed by atoms with Crippen molar-refractivity contribution < 1.29 is 27.3 Å². The number of allylic oxidation sites excluding steroid dienone is 10. The second-order valence-electron chi connectivity index (χ2n) is 5.04. The maximum Gasteiger partial charge on any atom is 2.00 e. The molecule has 0 aromatic heterocycles.